The first kappa shape index (κ1) is 17.9. The van der Waals surface area contributed by atoms with Crippen molar-refractivity contribution < 1.29 is 19.2 Å². The summed E-state index contributed by atoms with van der Waals surface area (Å²) in [6, 6.07) is 13.3. The fourth-order valence-corrected chi connectivity index (χ4v) is 3.52. The van der Waals surface area contributed by atoms with E-state index < -0.39 is 17.8 Å². The summed E-state index contributed by atoms with van der Waals surface area (Å²) < 4.78 is 0. The van der Waals surface area contributed by atoms with Gasteiger partial charge >= 0.3 is 5.97 Å². The minimum Gasteiger partial charge on any atom is -0.324 e. The van der Waals surface area contributed by atoms with Crippen LogP contribution in [0.4, 0.5) is 0 Å². The first-order chi connectivity index (χ1) is 12.5. The van der Waals surface area contributed by atoms with Crippen LogP contribution in [0.1, 0.15) is 44.9 Å². The second-order valence-corrected chi connectivity index (χ2v) is 6.98. The number of carbonyl (C=O) groups is 3. The molecule has 0 aromatic heterocycles. The second-order valence-electron chi connectivity index (χ2n) is 5.92. The molecule has 1 aliphatic rings. The van der Waals surface area contributed by atoms with E-state index in [9.17, 15) is 14.4 Å². The van der Waals surface area contributed by atoms with Crippen molar-refractivity contribution in [3.8, 4) is 0 Å². The van der Waals surface area contributed by atoms with Crippen LogP contribution in [0.25, 0.3) is 0 Å². The van der Waals surface area contributed by atoms with Crippen molar-refractivity contribution in [2.45, 2.75) is 18.7 Å². The Morgan fingerprint density at radius 1 is 1.00 bits per heavy atom. The number of fused-ring (bicyclic) bond motifs is 1. The minimum atomic E-state index is -0.736. The summed E-state index contributed by atoms with van der Waals surface area (Å²) in [5.74, 6) is -1.29. The standard InChI is InChI=1S/C20H17NO4S/c1-13(2)11-12-26-17-10-6-5-9-16(17)20(24)25-21-18(22)14-7-3-4-8-15(14)19(21)23/h3-11H,12H2,1-2H3. The van der Waals surface area contributed by atoms with Crippen LogP contribution in [-0.2, 0) is 4.84 Å². The van der Waals surface area contributed by atoms with E-state index in [2.05, 4.69) is 6.08 Å². The van der Waals surface area contributed by atoms with Gasteiger partial charge in [-0.2, -0.15) is 0 Å². The van der Waals surface area contributed by atoms with Crippen molar-refractivity contribution in [3.05, 3.63) is 76.9 Å². The lowest BCUT2D eigenvalue weighted by Crippen LogP contribution is -2.32. The van der Waals surface area contributed by atoms with E-state index in [0.29, 0.717) is 16.4 Å². The maximum Gasteiger partial charge on any atom is 0.365 e. The Morgan fingerprint density at radius 2 is 1.58 bits per heavy atom. The second kappa shape index (κ2) is 7.58. The first-order valence-corrected chi connectivity index (χ1v) is 9.03. The quantitative estimate of drug-likeness (QED) is 0.452. The highest BCUT2D eigenvalue weighted by Crippen LogP contribution is 2.27. The highest BCUT2D eigenvalue weighted by Gasteiger charge is 2.39. The summed E-state index contributed by atoms with van der Waals surface area (Å²) in [4.78, 5) is 43.1. The fourth-order valence-electron chi connectivity index (χ4n) is 2.44. The Balaban J connectivity index is 1.78. The molecule has 0 bridgehead atoms. The predicted octanol–water partition coefficient (Wildman–Crippen LogP) is 4.11. The van der Waals surface area contributed by atoms with Gasteiger partial charge in [0.05, 0.1) is 16.7 Å². The molecule has 0 atom stereocenters. The summed E-state index contributed by atoms with van der Waals surface area (Å²) in [7, 11) is 0. The van der Waals surface area contributed by atoms with Crippen molar-refractivity contribution in [3.63, 3.8) is 0 Å². The van der Waals surface area contributed by atoms with Gasteiger partial charge in [-0.05, 0) is 38.1 Å². The SMILES string of the molecule is CC(C)=CCSc1ccccc1C(=O)ON1C(=O)c2ccccc2C1=O. The molecular weight excluding hydrogens is 350 g/mol. The number of hydrogen-bond donors (Lipinski definition) is 0. The van der Waals surface area contributed by atoms with Crippen LogP contribution in [0.2, 0.25) is 0 Å². The highest BCUT2D eigenvalue weighted by molar-refractivity contribution is 7.99. The number of carbonyl (C=O) groups excluding carboxylic acids is 3. The summed E-state index contributed by atoms with van der Waals surface area (Å²) >= 11 is 1.48. The predicted molar refractivity (Wildman–Crippen MR) is 99.0 cm³/mol. The lowest BCUT2D eigenvalue weighted by atomic mass is 10.1. The molecule has 5 nitrogen and oxygen atoms in total. The van der Waals surface area contributed by atoms with Gasteiger partial charge in [0, 0.05) is 10.6 Å². The maximum absolute atomic E-state index is 12.6. The zero-order chi connectivity index (χ0) is 18.7. The summed E-state index contributed by atoms with van der Waals surface area (Å²) in [5.41, 5.74) is 1.97. The van der Waals surface area contributed by atoms with E-state index in [0.717, 1.165) is 4.90 Å². The number of nitrogens with zero attached hydrogens (tertiary/aromatic N) is 1. The number of allylic oxidation sites excluding steroid dienone is 1. The van der Waals surface area contributed by atoms with Gasteiger partial charge in [-0.25, -0.2) is 4.79 Å². The van der Waals surface area contributed by atoms with Gasteiger partial charge in [0.15, 0.2) is 0 Å². The molecule has 1 heterocycles. The van der Waals surface area contributed by atoms with Crippen LogP contribution >= 0.6 is 11.8 Å². The molecule has 2 amide bonds. The molecule has 0 aliphatic carbocycles. The largest absolute Gasteiger partial charge is 0.365 e. The van der Waals surface area contributed by atoms with Crippen LogP contribution in [0, 0.1) is 0 Å². The molecule has 0 saturated carbocycles. The van der Waals surface area contributed by atoms with Crippen LogP contribution in [-0.4, -0.2) is 28.6 Å². The lowest BCUT2D eigenvalue weighted by molar-refractivity contribution is -0.0586. The van der Waals surface area contributed by atoms with Crippen molar-refractivity contribution in [1.82, 2.24) is 5.06 Å². The molecule has 3 rings (SSSR count). The molecule has 2 aromatic rings. The number of thioether (sulfide) groups is 1. The van der Waals surface area contributed by atoms with E-state index in [1.807, 2.05) is 26.0 Å². The zero-order valence-electron chi connectivity index (χ0n) is 14.4. The average molecular weight is 367 g/mol. The Hall–Kier alpha value is -2.86. The highest BCUT2D eigenvalue weighted by atomic mass is 32.2. The van der Waals surface area contributed by atoms with Gasteiger partial charge in [0.2, 0.25) is 0 Å². The van der Waals surface area contributed by atoms with E-state index in [1.165, 1.54) is 29.5 Å². The number of hydrogen-bond acceptors (Lipinski definition) is 5. The number of benzene rings is 2. The molecule has 2 aromatic carbocycles. The third kappa shape index (κ3) is 3.55. The molecule has 6 heteroatoms. The van der Waals surface area contributed by atoms with Gasteiger partial charge in [-0.15, -0.1) is 11.8 Å². The number of amides is 2. The maximum atomic E-state index is 12.6. The number of imide groups is 1. The molecule has 0 fully saturated rings. The molecule has 0 saturated heterocycles. The molecule has 26 heavy (non-hydrogen) atoms. The van der Waals surface area contributed by atoms with Gasteiger partial charge < -0.3 is 4.84 Å². The van der Waals surface area contributed by atoms with Crippen LogP contribution in [0.3, 0.4) is 0 Å². The van der Waals surface area contributed by atoms with Gasteiger partial charge in [-0.1, -0.05) is 41.0 Å². The van der Waals surface area contributed by atoms with Crippen LogP contribution in [0.5, 0.6) is 0 Å². The van der Waals surface area contributed by atoms with Gasteiger partial charge in [-0.3, -0.25) is 9.59 Å². The van der Waals surface area contributed by atoms with Crippen LogP contribution in [0.15, 0.2) is 65.1 Å². The normalized spacial score (nSPS) is 12.8. The van der Waals surface area contributed by atoms with Crippen molar-refractivity contribution in [1.29, 1.82) is 0 Å². The third-order valence-corrected chi connectivity index (χ3v) is 4.77. The first-order valence-electron chi connectivity index (χ1n) is 8.04. The minimum absolute atomic E-state index is 0.233. The molecule has 132 valence electrons. The third-order valence-electron chi connectivity index (χ3n) is 3.77. The van der Waals surface area contributed by atoms with Crippen LogP contribution < -0.4 is 0 Å². The monoisotopic (exact) mass is 367 g/mol. The number of rotatable bonds is 5. The Labute approximate surface area is 155 Å². The Kier molecular flexibility index (Phi) is 5.23. The number of hydroxylamine groups is 2. The summed E-state index contributed by atoms with van der Waals surface area (Å²) in [5, 5.41) is 0.532. The van der Waals surface area contributed by atoms with Gasteiger partial charge in [0.25, 0.3) is 11.8 Å². The van der Waals surface area contributed by atoms with Crippen molar-refractivity contribution in [2.75, 3.05) is 5.75 Å². The van der Waals surface area contributed by atoms with E-state index in [1.54, 1.807) is 24.3 Å². The zero-order valence-corrected chi connectivity index (χ0v) is 15.2. The molecule has 0 N–H and O–H groups in total. The van der Waals surface area contributed by atoms with E-state index in [-0.39, 0.29) is 11.1 Å². The molecule has 0 radical (unpaired) electrons. The summed E-state index contributed by atoms with van der Waals surface area (Å²) in [6.45, 7) is 4.01. The lowest BCUT2D eigenvalue weighted by Gasteiger charge is -2.14. The fraction of sp³-hybridized carbons (Fsp3) is 0.150. The van der Waals surface area contributed by atoms with Gasteiger partial charge in [0.1, 0.15) is 0 Å². The Bertz CT molecular complexity index is 881. The Morgan fingerprint density at radius 3 is 2.19 bits per heavy atom. The smallest absolute Gasteiger partial charge is 0.324 e. The van der Waals surface area contributed by atoms with E-state index in [4.69, 9.17) is 4.84 Å². The molecular formula is C20H17NO4S. The summed E-state index contributed by atoms with van der Waals surface area (Å²) in [6.07, 6.45) is 2.05. The average Bonchev–Trinajstić information content (AvgIpc) is 2.87. The van der Waals surface area contributed by atoms with Crippen molar-refractivity contribution in [2.24, 2.45) is 0 Å². The molecule has 0 spiro atoms. The van der Waals surface area contributed by atoms with Crippen molar-refractivity contribution >= 4 is 29.5 Å². The topological polar surface area (TPSA) is 63.7 Å². The molecule has 0 unspecified atom stereocenters. The molecule has 1 aliphatic heterocycles. The van der Waals surface area contributed by atoms with E-state index >= 15 is 0 Å².